The van der Waals surface area contributed by atoms with E-state index in [4.69, 9.17) is 21.1 Å². The van der Waals surface area contributed by atoms with Gasteiger partial charge in [-0.3, -0.25) is 14.4 Å². The van der Waals surface area contributed by atoms with Gasteiger partial charge in [0.15, 0.2) is 0 Å². The van der Waals surface area contributed by atoms with Crippen LogP contribution in [0.1, 0.15) is 150 Å². The van der Waals surface area contributed by atoms with Gasteiger partial charge < -0.3 is 20.1 Å². The molecule has 0 fully saturated rings. The molecule has 0 radical (unpaired) electrons. The fourth-order valence-corrected chi connectivity index (χ4v) is 5.40. The monoisotopic (exact) mass is 678 g/mol. The molecule has 47 heavy (non-hydrogen) atoms. The van der Waals surface area contributed by atoms with Gasteiger partial charge in [-0.2, -0.15) is 0 Å². The second kappa shape index (κ2) is 24.5. The normalized spacial score (nSPS) is 12.8. The molecule has 0 saturated carbocycles. The number of carbonyl (C=O) groups excluding carboxylic acids is 4. The number of esters is 2. The van der Waals surface area contributed by atoms with E-state index in [0.717, 1.165) is 44.1 Å². The summed E-state index contributed by atoms with van der Waals surface area (Å²) < 4.78 is 11.0. The maximum atomic E-state index is 13.6. The van der Waals surface area contributed by atoms with Crippen molar-refractivity contribution >= 4 is 35.4 Å². The third kappa shape index (κ3) is 17.9. The van der Waals surface area contributed by atoms with Crippen LogP contribution in [-0.2, 0) is 34.1 Å². The molecule has 0 unspecified atom stereocenters. The number of carbonyl (C=O) groups is 4. The van der Waals surface area contributed by atoms with Gasteiger partial charge in [-0.15, -0.1) is 0 Å². The molecule has 2 amide bonds. The second-order valence-electron chi connectivity index (χ2n) is 13.6. The van der Waals surface area contributed by atoms with Crippen molar-refractivity contribution in [1.82, 2.24) is 10.6 Å². The van der Waals surface area contributed by atoms with Gasteiger partial charge in [-0.1, -0.05) is 128 Å². The minimum atomic E-state index is -1.04. The van der Waals surface area contributed by atoms with Gasteiger partial charge in [-0.25, -0.2) is 4.79 Å². The summed E-state index contributed by atoms with van der Waals surface area (Å²) in [7, 11) is 0. The number of unbranched alkanes of at least 4 members (excludes halogenated alkanes) is 12. The zero-order valence-corrected chi connectivity index (χ0v) is 30.9. The van der Waals surface area contributed by atoms with E-state index in [1.54, 1.807) is 38.1 Å². The van der Waals surface area contributed by atoms with Crippen molar-refractivity contribution in [2.45, 2.75) is 162 Å². The Bertz CT molecular complexity index is 1040. The number of halogens is 1. The first kappa shape index (κ1) is 42.4. The Morgan fingerprint density at radius 1 is 0.723 bits per heavy atom. The molecule has 0 aliphatic heterocycles. The second-order valence-corrected chi connectivity index (χ2v) is 14.0. The highest BCUT2D eigenvalue weighted by atomic mass is 35.5. The summed E-state index contributed by atoms with van der Waals surface area (Å²) in [6.45, 7) is 12.2. The number of amides is 2. The van der Waals surface area contributed by atoms with Crippen LogP contribution in [0.4, 0.5) is 0 Å². The number of benzene rings is 1. The van der Waals surface area contributed by atoms with E-state index in [1.807, 2.05) is 13.8 Å². The molecule has 1 aromatic rings. The van der Waals surface area contributed by atoms with E-state index >= 15 is 0 Å². The summed E-state index contributed by atoms with van der Waals surface area (Å²) >= 11 is 6.04. The Hall–Kier alpha value is -2.61. The molecule has 0 aliphatic carbocycles. The number of nitrogens with one attached hydrogen (secondary N) is 2. The first-order valence-corrected chi connectivity index (χ1v) is 18.5. The van der Waals surface area contributed by atoms with Crippen LogP contribution in [0.2, 0.25) is 5.02 Å². The largest absolute Gasteiger partial charge is 0.466 e. The Morgan fingerprint density at radius 2 is 1.21 bits per heavy atom. The maximum Gasteiger partial charge on any atom is 0.328 e. The predicted molar refractivity (Wildman–Crippen MR) is 190 cm³/mol. The lowest BCUT2D eigenvalue weighted by Gasteiger charge is -2.30. The molecule has 0 bridgehead atoms. The number of rotatable bonds is 26. The van der Waals surface area contributed by atoms with Crippen LogP contribution in [0, 0.1) is 5.92 Å². The Morgan fingerprint density at radius 3 is 1.72 bits per heavy atom. The maximum absolute atomic E-state index is 13.6. The highest BCUT2D eigenvalue weighted by Gasteiger charge is 2.35. The molecule has 268 valence electrons. The fourth-order valence-electron chi connectivity index (χ4n) is 5.28. The van der Waals surface area contributed by atoms with Crippen LogP contribution >= 0.6 is 11.6 Å². The number of ether oxygens (including phenoxy) is 2. The van der Waals surface area contributed by atoms with Crippen LogP contribution in [-0.4, -0.2) is 49.1 Å². The third-order valence-corrected chi connectivity index (χ3v) is 8.86. The van der Waals surface area contributed by atoms with Crippen molar-refractivity contribution in [1.29, 1.82) is 0 Å². The van der Waals surface area contributed by atoms with Gasteiger partial charge >= 0.3 is 11.9 Å². The highest BCUT2D eigenvalue weighted by molar-refractivity contribution is 6.30. The van der Waals surface area contributed by atoms with Crippen molar-refractivity contribution < 1.29 is 28.7 Å². The molecule has 0 aliphatic rings. The topological polar surface area (TPSA) is 111 Å². The number of hydrogen-bond donors (Lipinski definition) is 2. The molecular formula is C38H63ClN2O6. The Labute approximate surface area is 289 Å². The van der Waals surface area contributed by atoms with Crippen LogP contribution in [0.5, 0.6) is 0 Å². The molecule has 1 aromatic carbocycles. The van der Waals surface area contributed by atoms with Crippen molar-refractivity contribution in [2.75, 3.05) is 13.2 Å². The zero-order chi connectivity index (χ0) is 35.1. The van der Waals surface area contributed by atoms with E-state index in [-0.39, 0.29) is 31.3 Å². The summed E-state index contributed by atoms with van der Waals surface area (Å²) in [4.78, 5) is 52.7. The van der Waals surface area contributed by atoms with Gasteiger partial charge in [0.2, 0.25) is 11.8 Å². The SMILES string of the molecule is CCCCCCCCCOC(=O)CC[C@@H](NC(=O)[C@@H](NC(=O)C(C)(C)c1ccc(Cl)cc1)C(C)C)C(=O)OCCCCCCCCC. The van der Waals surface area contributed by atoms with Crippen LogP contribution in [0.25, 0.3) is 0 Å². The molecule has 2 atom stereocenters. The van der Waals surface area contributed by atoms with Crippen molar-refractivity contribution in [3.8, 4) is 0 Å². The first-order chi connectivity index (χ1) is 22.4. The molecule has 2 N–H and O–H groups in total. The molecule has 1 rings (SSSR count). The molecule has 0 heterocycles. The average Bonchev–Trinajstić information content (AvgIpc) is 3.03. The summed E-state index contributed by atoms with van der Waals surface area (Å²) in [5, 5.41) is 6.23. The van der Waals surface area contributed by atoms with Gasteiger partial charge in [0.1, 0.15) is 12.1 Å². The van der Waals surface area contributed by atoms with Crippen molar-refractivity contribution in [3.05, 3.63) is 34.9 Å². The molecule has 0 spiro atoms. The van der Waals surface area contributed by atoms with Crippen LogP contribution < -0.4 is 10.6 Å². The first-order valence-electron chi connectivity index (χ1n) is 18.1. The van der Waals surface area contributed by atoms with E-state index in [0.29, 0.717) is 11.6 Å². The fraction of sp³-hybridized carbons (Fsp3) is 0.737. The van der Waals surface area contributed by atoms with E-state index in [2.05, 4.69) is 24.5 Å². The van der Waals surface area contributed by atoms with Crippen molar-refractivity contribution in [3.63, 3.8) is 0 Å². The van der Waals surface area contributed by atoms with Gasteiger partial charge in [0.05, 0.1) is 18.6 Å². The van der Waals surface area contributed by atoms with Gasteiger partial charge in [0, 0.05) is 11.4 Å². The lowest BCUT2D eigenvalue weighted by Crippen LogP contribution is -2.56. The lowest BCUT2D eigenvalue weighted by atomic mass is 9.83. The molecule has 8 nitrogen and oxygen atoms in total. The summed E-state index contributed by atoms with van der Waals surface area (Å²) in [5.41, 5.74) is -0.185. The zero-order valence-electron chi connectivity index (χ0n) is 30.1. The summed E-state index contributed by atoms with van der Waals surface area (Å²) in [6, 6.07) is 5.08. The van der Waals surface area contributed by atoms with E-state index in [1.165, 1.54) is 51.4 Å². The molecule has 9 heteroatoms. The predicted octanol–water partition coefficient (Wildman–Crippen LogP) is 8.61. The quantitative estimate of drug-likeness (QED) is 0.0750. The molecule has 0 aromatic heterocycles. The van der Waals surface area contributed by atoms with Gasteiger partial charge in [-0.05, 0) is 56.7 Å². The standard InChI is InChI=1S/C38H63ClN2O6/c1-7-9-11-13-15-17-19-27-46-33(42)26-25-32(36(44)47-28-20-18-16-14-12-10-8-2)40-35(43)34(29(3)4)41-37(45)38(5,6)30-21-23-31(39)24-22-30/h21-24,29,32,34H,7-20,25-28H2,1-6H3,(H,40,43)(H,41,45)/t32-,34+/m1/s1. The summed E-state index contributed by atoms with van der Waals surface area (Å²) in [5.74, 6) is -2.10. The smallest absolute Gasteiger partial charge is 0.328 e. The van der Waals surface area contributed by atoms with Gasteiger partial charge in [0.25, 0.3) is 0 Å². The van der Waals surface area contributed by atoms with E-state index in [9.17, 15) is 19.2 Å². The summed E-state index contributed by atoms with van der Waals surface area (Å²) in [6.07, 6.45) is 15.4. The van der Waals surface area contributed by atoms with Crippen LogP contribution in [0.15, 0.2) is 24.3 Å². The Balaban J connectivity index is 2.81. The lowest BCUT2D eigenvalue weighted by molar-refractivity contribution is -0.149. The molecule has 0 saturated heterocycles. The highest BCUT2D eigenvalue weighted by Crippen LogP contribution is 2.25. The minimum Gasteiger partial charge on any atom is -0.466 e. The third-order valence-electron chi connectivity index (χ3n) is 8.61. The molecular weight excluding hydrogens is 616 g/mol. The minimum absolute atomic E-state index is 0.0315. The van der Waals surface area contributed by atoms with Crippen LogP contribution in [0.3, 0.4) is 0 Å². The van der Waals surface area contributed by atoms with Crippen molar-refractivity contribution in [2.24, 2.45) is 5.92 Å². The van der Waals surface area contributed by atoms with E-state index < -0.39 is 35.3 Å². The Kier molecular flexibility index (Phi) is 22.1. The number of hydrogen-bond acceptors (Lipinski definition) is 6. The average molecular weight is 679 g/mol.